The van der Waals surface area contributed by atoms with Gasteiger partial charge < -0.3 is 10.2 Å². The average molecular weight is 208 g/mol. The average Bonchev–Trinajstić information content (AvgIpc) is 2.78. The number of nitrogens with one attached hydrogen (secondary N) is 1. The molecule has 2 saturated heterocycles. The van der Waals surface area contributed by atoms with Crippen molar-refractivity contribution in [2.75, 3.05) is 32.7 Å². The largest absolute Gasteiger partial charge is 0.317 e. The Kier molecular flexibility index (Phi) is 2.52. The van der Waals surface area contributed by atoms with Crippen molar-refractivity contribution in [2.24, 2.45) is 17.3 Å². The molecular weight excluding hydrogens is 184 g/mol. The van der Waals surface area contributed by atoms with Gasteiger partial charge >= 0.3 is 0 Å². The third-order valence-electron chi connectivity index (χ3n) is 4.95. The van der Waals surface area contributed by atoms with E-state index in [9.17, 15) is 0 Å². The molecule has 2 nitrogen and oxygen atoms in total. The van der Waals surface area contributed by atoms with Gasteiger partial charge in [0.25, 0.3) is 0 Å². The van der Waals surface area contributed by atoms with E-state index in [4.69, 9.17) is 0 Å². The summed E-state index contributed by atoms with van der Waals surface area (Å²) in [4.78, 5) is 2.75. The maximum atomic E-state index is 3.49. The fourth-order valence-corrected chi connectivity index (χ4v) is 3.53. The Bertz CT molecular complexity index is 233. The van der Waals surface area contributed by atoms with Gasteiger partial charge in [0, 0.05) is 13.1 Å². The van der Waals surface area contributed by atoms with Gasteiger partial charge in [-0.05, 0) is 62.6 Å². The van der Waals surface area contributed by atoms with Crippen molar-refractivity contribution < 1.29 is 0 Å². The van der Waals surface area contributed by atoms with Gasteiger partial charge in [0.1, 0.15) is 0 Å². The Hall–Kier alpha value is -0.0800. The van der Waals surface area contributed by atoms with Crippen LogP contribution in [-0.2, 0) is 0 Å². The van der Waals surface area contributed by atoms with Crippen LogP contribution in [0.5, 0.6) is 0 Å². The summed E-state index contributed by atoms with van der Waals surface area (Å²) in [6.07, 6.45) is 5.80. The zero-order valence-electron chi connectivity index (χ0n) is 9.97. The summed E-state index contributed by atoms with van der Waals surface area (Å²) in [5.74, 6) is 2.07. The third kappa shape index (κ3) is 2.07. The second kappa shape index (κ2) is 3.74. The Labute approximate surface area is 93.4 Å². The quantitative estimate of drug-likeness (QED) is 0.743. The highest BCUT2D eigenvalue weighted by atomic mass is 15.2. The van der Waals surface area contributed by atoms with Gasteiger partial charge in [0.05, 0.1) is 0 Å². The normalized spacial score (nSPS) is 39.8. The smallest absolute Gasteiger partial charge is 0.00395 e. The van der Waals surface area contributed by atoms with Crippen LogP contribution in [-0.4, -0.2) is 37.6 Å². The minimum absolute atomic E-state index is 0.712. The van der Waals surface area contributed by atoms with Crippen LogP contribution >= 0.6 is 0 Å². The molecule has 0 aromatic heterocycles. The lowest BCUT2D eigenvalue weighted by Crippen LogP contribution is -2.39. The van der Waals surface area contributed by atoms with Crippen molar-refractivity contribution in [3.63, 3.8) is 0 Å². The molecule has 0 bridgehead atoms. The number of rotatable bonds is 2. The van der Waals surface area contributed by atoms with Crippen molar-refractivity contribution >= 4 is 0 Å². The zero-order chi connectivity index (χ0) is 10.3. The Morgan fingerprint density at radius 2 is 2.00 bits per heavy atom. The van der Waals surface area contributed by atoms with Crippen LogP contribution < -0.4 is 5.32 Å². The second-order valence-electron chi connectivity index (χ2n) is 6.21. The van der Waals surface area contributed by atoms with Crippen molar-refractivity contribution in [3.05, 3.63) is 0 Å². The van der Waals surface area contributed by atoms with E-state index in [-0.39, 0.29) is 0 Å². The van der Waals surface area contributed by atoms with Gasteiger partial charge in [-0.25, -0.2) is 0 Å². The number of hydrogen-bond acceptors (Lipinski definition) is 2. The topological polar surface area (TPSA) is 15.3 Å². The van der Waals surface area contributed by atoms with Crippen molar-refractivity contribution in [1.29, 1.82) is 0 Å². The molecule has 2 heteroatoms. The van der Waals surface area contributed by atoms with E-state index in [1.807, 2.05) is 0 Å². The van der Waals surface area contributed by atoms with Crippen LogP contribution in [0, 0.1) is 17.3 Å². The fraction of sp³-hybridized carbons (Fsp3) is 1.00. The monoisotopic (exact) mass is 208 g/mol. The first-order valence-electron chi connectivity index (χ1n) is 6.71. The predicted molar refractivity (Wildman–Crippen MR) is 62.9 cm³/mol. The zero-order valence-corrected chi connectivity index (χ0v) is 9.97. The minimum atomic E-state index is 0.712. The number of hydrogen-bond donors (Lipinski definition) is 1. The van der Waals surface area contributed by atoms with Crippen LogP contribution in [0.3, 0.4) is 0 Å². The molecule has 0 aromatic carbocycles. The van der Waals surface area contributed by atoms with E-state index >= 15 is 0 Å². The highest BCUT2D eigenvalue weighted by Crippen LogP contribution is 2.43. The standard InChI is InChI=1S/C13H24N2/c1-11-8-12(11)9-15-7-4-13(10-15)2-5-14-6-3-13/h11-12,14H,2-10H2,1H3. The summed E-state index contributed by atoms with van der Waals surface area (Å²) in [7, 11) is 0. The van der Waals surface area contributed by atoms with Crippen molar-refractivity contribution in [1.82, 2.24) is 10.2 Å². The van der Waals surface area contributed by atoms with Crippen LogP contribution in [0.25, 0.3) is 0 Å². The molecule has 2 aliphatic heterocycles. The van der Waals surface area contributed by atoms with E-state index in [0.717, 1.165) is 11.8 Å². The van der Waals surface area contributed by atoms with Crippen LogP contribution in [0.4, 0.5) is 0 Å². The summed E-state index contributed by atoms with van der Waals surface area (Å²) in [5.41, 5.74) is 0.712. The van der Waals surface area contributed by atoms with E-state index in [1.54, 1.807) is 0 Å². The first kappa shape index (κ1) is 10.1. The van der Waals surface area contributed by atoms with Gasteiger partial charge in [-0.2, -0.15) is 0 Å². The fourth-order valence-electron chi connectivity index (χ4n) is 3.53. The maximum Gasteiger partial charge on any atom is 0.00395 e. The summed E-state index contributed by atoms with van der Waals surface area (Å²) in [5, 5.41) is 3.49. The van der Waals surface area contributed by atoms with E-state index < -0.39 is 0 Å². The number of piperidine rings is 1. The van der Waals surface area contributed by atoms with Crippen molar-refractivity contribution in [3.8, 4) is 0 Å². The molecule has 2 atom stereocenters. The summed E-state index contributed by atoms with van der Waals surface area (Å²) < 4.78 is 0. The molecule has 1 spiro atoms. The first-order chi connectivity index (χ1) is 7.27. The highest BCUT2D eigenvalue weighted by Gasteiger charge is 2.41. The molecule has 1 N–H and O–H groups in total. The van der Waals surface area contributed by atoms with Gasteiger partial charge in [-0.1, -0.05) is 6.92 Å². The molecule has 1 saturated carbocycles. The van der Waals surface area contributed by atoms with Crippen LogP contribution in [0.2, 0.25) is 0 Å². The first-order valence-corrected chi connectivity index (χ1v) is 6.71. The molecule has 3 aliphatic rings. The van der Waals surface area contributed by atoms with Crippen molar-refractivity contribution in [2.45, 2.75) is 32.6 Å². The second-order valence-corrected chi connectivity index (χ2v) is 6.21. The Balaban J connectivity index is 1.53. The van der Waals surface area contributed by atoms with Gasteiger partial charge in [0.2, 0.25) is 0 Å². The molecule has 2 heterocycles. The summed E-state index contributed by atoms with van der Waals surface area (Å²) in [6, 6.07) is 0. The number of nitrogens with zero attached hydrogens (tertiary/aromatic N) is 1. The lowest BCUT2D eigenvalue weighted by molar-refractivity contribution is 0.193. The van der Waals surface area contributed by atoms with Crippen LogP contribution in [0.15, 0.2) is 0 Å². The maximum absolute atomic E-state index is 3.49. The molecule has 15 heavy (non-hydrogen) atoms. The molecule has 0 radical (unpaired) electrons. The highest BCUT2D eigenvalue weighted by molar-refractivity contribution is 4.95. The molecule has 3 rings (SSSR count). The van der Waals surface area contributed by atoms with Gasteiger partial charge in [0.15, 0.2) is 0 Å². The molecule has 1 aliphatic carbocycles. The molecule has 86 valence electrons. The van der Waals surface area contributed by atoms with E-state index in [1.165, 1.54) is 58.4 Å². The van der Waals surface area contributed by atoms with Crippen LogP contribution in [0.1, 0.15) is 32.6 Å². The summed E-state index contributed by atoms with van der Waals surface area (Å²) in [6.45, 7) is 9.10. The lowest BCUT2D eigenvalue weighted by atomic mass is 9.78. The third-order valence-corrected chi connectivity index (χ3v) is 4.95. The van der Waals surface area contributed by atoms with E-state index in [2.05, 4.69) is 17.1 Å². The number of likely N-dealkylation sites (tertiary alicyclic amines) is 1. The summed E-state index contributed by atoms with van der Waals surface area (Å²) >= 11 is 0. The SMILES string of the molecule is CC1CC1CN1CCC2(CCNCC2)C1. The Morgan fingerprint density at radius 3 is 2.67 bits per heavy atom. The Morgan fingerprint density at radius 1 is 1.27 bits per heavy atom. The molecular formula is C13H24N2. The van der Waals surface area contributed by atoms with Gasteiger partial charge in [-0.3, -0.25) is 0 Å². The molecule has 2 unspecified atom stereocenters. The molecule has 3 fully saturated rings. The van der Waals surface area contributed by atoms with E-state index in [0.29, 0.717) is 5.41 Å². The molecule has 0 aromatic rings. The van der Waals surface area contributed by atoms with Gasteiger partial charge in [-0.15, -0.1) is 0 Å². The predicted octanol–water partition coefficient (Wildman–Crippen LogP) is 1.72. The lowest BCUT2D eigenvalue weighted by Gasteiger charge is -2.34. The molecule has 0 amide bonds. The minimum Gasteiger partial charge on any atom is -0.317 e.